The van der Waals surface area contributed by atoms with Gasteiger partial charge in [0, 0.05) is 0 Å². The number of benzene rings is 3. The van der Waals surface area contributed by atoms with Crippen molar-refractivity contribution < 1.29 is 22.7 Å². The fraction of sp³-hybridized carbons (Fsp3) is 0.154. The molecule has 0 bridgehead atoms. The molecule has 3 aromatic carbocycles. The molecule has 176 valence electrons. The van der Waals surface area contributed by atoms with Crippen molar-refractivity contribution in [1.29, 1.82) is 0 Å². The Labute approximate surface area is 199 Å². The third-order valence-corrected chi connectivity index (χ3v) is 6.40. The lowest BCUT2D eigenvalue weighted by molar-refractivity contribution is 0.0328. The largest absolute Gasteiger partial charge is 0.452 e. The zero-order valence-corrected chi connectivity index (χ0v) is 19.5. The van der Waals surface area contributed by atoms with Crippen molar-refractivity contribution in [3.8, 4) is 0 Å². The SMILES string of the molecule is C=C[C@H](OC(=O)c1ccccc1)[C@@H](Cc1ccccc1)NC(=O)NS(=O)(=O)c1ccc(C)cc1. The molecule has 0 aliphatic carbocycles. The van der Waals surface area contributed by atoms with Crippen molar-refractivity contribution in [1.82, 2.24) is 10.0 Å². The van der Waals surface area contributed by atoms with Gasteiger partial charge in [-0.15, -0.1) is 0 Å². The van der Waals surface area contributed by atoms with Crippen LogP contribution in [0.3, 0.4) is 0 Å². The molecule has 2 amide bonds. The van der Waals surface area contributed by atoms with Gasteiger partial charge in [0.15, 0.2) is 0 Å². The van der Waals surface area contributed by atoms with Crippen molar-refractivity contribution in [3.05, 3.63) is 114 Å². The summed E-state index contributed by atoms with van der Waals surface area (Å²) in [5.74, 6) is -0.585. The number of nitrogens with one attached hydrogen (secondary N) is 2. The van der Waals surface area contributed by atoms with Crippen LogP contribution >= 0.6 is 0 Å². The average molecular weight is 479 g/mol. The van der Waals surface area contributed by atoms with Gasteiger partial charge < -0.3 is 10.1 Å². The number of ether oxygens (including phenoxy) is 1. The van der Waals surface area contributed by atoms with E-state index in [0.29, 0.717) is 5.56 Å². The molecular formula is C26H26N2O5S. The summed E-state index contributed by atoms with van der Waals surface area (Å²) in [5.41, 5.74) is 2.09. The predicted molar refractivity (Wildman–Crippen MR) is 130 cm³/mol. The van der Waals surface area contributed by atoms with E-state index < -0.39 is 34.2 Å². The molecule has 0 spiro atoms. The number of sulfonamides is 1. The monoisotopic (exact) mass is 478 g/mol. The molecule has 3 aromatic rings. The molecule has 0 aromatic heterocycles. The maximum Gasteiger partial charge on any atom is 0.338 e. The van der Waals surface area contributed by atoms with Crippen molar-refractivity contribution in [2.24, 2.45) is 0 Å². The van der Waals surface area contributed by atoms with Gasteiger partial charge in [0.2, 0.25) is 0 Å². The van der Waals surface area contributed by atoms with Crippen LogP contribution in [0.4, 0.5) is 4.79 Å². The molecule has 0 aliphatic heterocycles. The summed E-state index contributed by atoms with van der Waals surface area (Å²) in [5, 5.41) is 2.63. The predicted octanol–water partition coefficient (Wildman–Crippen LogP) is 4.01. The Morgan fingerprint density at radius 2 is 1.53 bits per heavy atom. The highest BCUT2D eigenvalue weighted by Gasteiger charge is 2.27. The quantitative estimate of drug-likeness (QED) is 0.358. The molecule has 8 heteroatoms. The number of urea groups is 1. The smallest absolute Gasteiger partial charge is 0.338 e. The standard InChI is InChI=1S/C26H26N2O5S/c1-3-24(33-25(29)21-12-8-5-9-13-21)23(18-20-10-6-4-7-11-20)27-26(30)28-34(31,32)22-16-14-19(2)15-17-22/h3-17,23-24H,1,18H2,2H3,(H2,27,28,30)/t23-,24+/m1/s1. The second kappa shape index (κ2) is 11.3. The number of carbonyl (C=O) groups is 2. The van der Waals surface area contributed by atoms with Gasteiger partial charge in [0.1, 0.15) is 6.10 Å². The Hall–Kier alpha value is -3.91. The summed E-state index contributed by atoms with van der Waals surface area (Å²) in [6.07, 6.45) is 0.765. The average Bonchev–Trinajstić information content (AvgIpc) is 2.83. The normalized spacial score (nSPS) is 12.7. The van der Waals surface area contributed by atoms with Crippen LogP contribution in [0.15, 0.2) is 102 Å². The molecule has 0 fully saturated rings. The van der Waals surface area contributed by atoms with Gasteiger partial charge in [0.05, 0.1) is 16.5 Å². The zero-order chi connectivity index (χ0) is 24.6. The van der Waals surface area contributed by atoms with Gasteiger partial charge in [-0.2, -0.15) is 0 Å². The Kier molecular flexibility index (Phi) is 8.21. The van der Waals surface area contributed by atoms with Crippen molar-refractivity contribution in [2.45, 2.75) is 30.4 Å². The van der Waals surface area contributed by atoms with Crippen LogP contribution in [0.5, 0.6) is 0 Å². The lowest BCUT2D eigenvalue weighted by Crippen LogP contribution is -2.50. The summed E-state index contributed by atoms with van der Waals surface area (Å²) >= 11 is 0. The van der Waals surface area contributed by atoms with E-state index in [4.69, 9.17) is 4.74 Å². The molecule has 2 atom stereocenters. The number of aryl methyl sites for hydroxylation is 1. The van der Waals surface area contributed by atoms with Crippen LogP contribution in [0.25, 0.3) is 0 Å². The molecule has 0 aliphatic rings. The van der Waals surface area contributed by atoms with Crippen LogP contribution in [0.2, 0.25) is 0 Å². The molecule has 0 saturated carbocycles. The van der Waals surface area contributed by atoms with E-state index >= 15 is 0 Å². The second-order valence-corrected chi connectivity index (χ2v) is 9.34. The molecule has 34 heavy (non-hydrogen) atoms. The maximum atomic E-state index is 12.7. The Morgan fingerprint density at radius 1 is 0.941 bits per heavy atom. The molecule has 0 unspecified atom stereocenters. The molecule has 2 N–H and O–H groups in total. The fourth-order valence-corrected chi connectivity index (χ4v) is 4.19. The minimum Gasteiger partial charge on any atom is -0.452 e. The zero-order valence-electron chi connectivity index (χ0n) is 18.7. The van der Waals surface area contributed by atoms with E-state index in [2.05, 4.69) is 11.9 Å². The van der Waals surface area contributed by atoms with Gasteiger partial charge >= 0.3 is 12.0 Å². The van der Waals surface area contributed by atoms with Crippen LogP contribution in [-0.2, 0) is 21.2 Å². The Morgan fingerprint density at radius 3 is 2.12 bits per heavy atom. The lowest BCUT2D eigenvalue weighted by Gasteiger charge is -2.26. The summed E-state index contributed by atoms with van der Waals surface area (Å²) in [7, 11) is -4.09. The molecular weight excluding hydrogens is 452 g/mol. The van der Waals surface area contributed by atoms with E-state index in [1.807, 2.05) is 42.0 Å². The van der Waals surface area contributed by atoms with Gasteiger partial charge in [-0.1, -0.05) is 72.8 Å². The number of carbonyl (C=O) groups excluding carboxylic acids is 2. The van der Waals surface area contributed by atoms with Crippen molar-refractivity contribution >= 4 is 22.0 Å². The van der Waals surface area contributed by atoms with Gasteiger partial charge in [-0.3, -0.25) is 0 Å². The van der Waals surface area contributed by atoms with Crippen LogP contribution in [-0.4, -0.2) is 32.6 Å². The highest BCUT2D eigenvalue weighted by atomic mass is 32.2. The first kappa shape index (κ1) is 24.7. The maximum absolute atomic E-state index is 12.7. The fourth-order valence-electron chi connectivity index (χ4n) is 3.27. The number of hydrogen-bond donors (Lipinski definition) is 2. The molecule has 0 heterocycles. The summed E-state index contributed by atoms with van der Waals surface area (Å²) in [6, 6.07) is 22.1. The number of rotatable bonds is 9. The molecule has 7 nitrogen and oxygen atoms in total. The van der Waals surface area contributed by atoms with Crippen LogP contribution < -0.4 is 10.0 Å². The van der Waals surface area contributed by atoms with Crippen LogP contribution in [0.1, 0.15) is 21.5 Å². The summed E-state index contributed by atoms with van der Waals surface area (Å²) in [4.78, 5) is 25.3. The first-order valence-electron chi connectivity index (χ1n) is 10.6. The van der Waals surface area contributed by atoms with E-state index in [-0.39, 0.29) is 11.3 Å². The van der Waals surface area contributed by atoms with Crippen molar-refractivity contribution in [3.63, 3.8) is 0 Å². The first-order valence-corrected chi connectivity index (χ1v) is 12.1. The topological polar surface area (TPSA) is 102 Å². The highest BCUT2D eigenvalue weighted by molar-refractivity contribution is 7.90. The lowest BCUT2D eigenvalue weighted by atomic mass is 10.0. The number of esters is 1. The minimum atomic E-state index is -4.09. The van der Waals surface area contributed by atoms with Crippen LogP contribution in [0, 0.1) is 6.92 Å². The van der Waals surface area contributed by atoms with E-state index in [1.54, 1.807) is 42.5 Å². The van der Waals surface area contributed by atoms with Crippen molar-refractivity contribution in [2.75, 3.05) is 0 Å². The van der Waals surface area contributed by atoms with E-state index in [0.717, 1.165) is 11.1 Å². The molecule has 0 saturated heterocycles. The van der Waals surface area contributed by atoms with Gasteiger partial charge in [0.25, 0.3) is 10.0 Å². The summed E-state index contributed by atoms with van der Waals surface area (Å²) < 4.78 is 32.9. The van der Waals surface area contributed by atoms with Gasteiger partial charge in [-0.05, 0) is 49.2 Å². The Bertz CT molecular complexity index is 1230. The first-order chi connectivity index (χ1) is 16.3. The third-order valence-electron chi connectivity index (χ3n) is 5.05. The minimum absolute atomic E-state index is 0.0383. The molecule has 3 rings (SSSR count). The Balaban J connectivity index is 1.78. The highest BCUT2D eigenvalue weighted by Crippen LogP contribution is 2.14. The number of amides is 2. The number of hydrogen-bond acceptors (Lipinski definition) is 5. The third kappa shape index (κ3) is 6.79. The van der Waals surface area contributed by atoms with E-state index in [9.17, 15) is 18.0 Å². The summed E-state index contributed by atoms with van der Waals surface area (Å²) in [6.45, 7) is 5.57. The molecule has 0 radical (unpaired) electrons. The second-order valence-electron chi connectivity index (χ2n) is 7.66. The van der Waals surface area contributed by atoms with Gasteiger partial charge in [-0.25, -0.2) is 22.7 Å². The van der Waals surface area contributed by atoms with E-state index in [1.165, 1.54) is 18.2 Å².